The standard InChI is InChI=1S/C19H29N3O2Si.C10H13NO2/c1-19(2,3)25(4,5)24-14-8-6-13(7-9-14)17(23)16-15-10-11-20-18(15)22-12-21-16;1-8-6-4-5-7-9(8)10(12)11(2)13-3/h10-14H,6-9H2,1-5H3,(H,20,21,22);4-7H,1-3H3. The van der Waals surface area contributed by atoms with E-state index in [9.17, 15) is 9.59 Å². The topological polar surface area (TPSA) is 97.4 Å². The fourth-order valence-corrected chi connectivity index (χ4v) is 5.79. The second kappa shape index (κ2) is 12.3. The van der Waals surface area contributed by atoms with Crippen LogP contribution in [-0.4, -0.2) is 60.3 Å². The molecule has 0 unspecified atom stereocenters. The SMILES string of the molecule is CC(C)(C)[Si](C)(C)OC1CCC(C(=O)c2ncnc3[nH]ccc23)CC1.CON(C)C(=O)c1ccccc1C. The number of Topliss-reactive ketones (excluding diaryl/α,β-unsaturated/α-hetero) is 1. The average Bonchev–Trinajstić information content (AvgIpc) is 3.37. The van der Waals surface area contributed by atoms with Crippen molar-refractivity contribution in [2.45, 2.75) is 77.6 Å². The van der Waals surface area contributed by atoms with Crippen LogP contribution in [0.2, 0.25) is 18.1 Å². The summed E-state index contributed by atoms with van der Waals surface area (Å²) in [7, 11) is 1.32. The van der Waals surface area contributed by atoms with Crippen LogP contribution in [-0.2, 0) is 9.26 Å². The molecule has 0 bridgehead atoms. The lowest BCUT2D eigenvalue weighted by Gasteiger charge is -2.41. The van der Waals surface area contributed by atoms with Gasteiger partial charge in [0.05, 0.1) is 7.11 Å². The van der Waals surface area contributed by atoms with E-state index in [4.69, 9.17) is 9.26 Å². The molecule has 1 amide bonds. The Morgan fingerprint density at radius 2 is 1.71 bits per heavy atom. The Bertz CT molecular complexity index is 1240. The molecule has 2 aromatic heterocycles. The lowest BCUT2D eigenvalue weighted by molar-refractivity contribution is -0.0757. The van der Waals surface area contributed by atoms with E-state index in [0.29, 0.717) is 17.4 Å². The van der Waals surface area contributed by atoms with Crippen LogP contribution in [0.15, 0.2) is 42.9 Å². The molecule has 38 heavy (non-hydrogen) atoms. The summed E-state index contributed by atoms with van der Waals surface area (Å²) < 4.78 is 6.53. The predicted octanol–water partition coefficient (Wildman–Crippen LogP) is 6.35. The van der Waals surface area contributed by atoms with Gasteiger partial charge in [0.1, 0.15) is 17.7 Å². The van der Waals surface area contributed by atoms with E-state index < -0.39 is 8.32 Å². The third-order valence-corrected chi connectivity index (χ3v) is 12.4. The number of hydrogen-bond acceptors (Lipinski definition) is 6. The zero-order valence-electron chi connectivity index (χ0n) is 24.0. The van der Waals surface area contributed by atoms with Crippen LogP contribution in [0.5, 0.6) is 0 Å². The van der Waals surface area contributed by atoms with Gasteiger partial charge >= 0.3 is 0 Å². The van der Waals surface area contributed by atoms with Crippen molar-refractivity contribution in [3.05, 3.63) is 59.7 Å². The summed E-state index contributed by atoms with van der Waals surface area (Å²) in [4.78, 5) is 40.8. The second-order valence-electron chi connectivity index (χ2n) is 11.5. The van der Waals surface area contributed by atoms with Crippen LogP contribution in [0.3, 0.4) is 0 Å². The van der Waals surface area contributed by atoms with E-state index in [-0.39, 0.29) is 22.6 Å². The molecule has 1 aliphatic rings. The molecule has 1 aromatic carbocycles. The van der Waals surface area contributed by atoms with Crippen molar-refractivity contribution in [2.75, 3.05) is 14.2 Å². The molecule has 0 saturated heterocycles. The number of aromatic nitrogens is 3. The zero-order chi connectivity index (χ0) is 28.1. The maximum atomic E-state index is 12.9. The normalized spacial score (nSPS) is 18.0. The minimum atomic E-state index is -1.74. The van der Waals surface area contributed by atoms with E-state index in [0.717, 1.165) is 42.3 Å². The number of H-pyrrole nitrogens is 1. The van der Waals surface area contributed by atoms with Crippen molar-refractivity contribution < 1.29 is 18.9 Å². The lowest BCUT2D eigenvalue weighted by Crippen LogP contribution is -2.45. The van der Waals surface area contributed by atoms with E-state index in [1.165, 1.54) is 18.5 Å². The van der Waals surface area contributed by atoms with E-state index in [1.807, 2.05) is 31.2 Å². The molecule has 0 aliphatic heterocycles. The van der Waals surface area contributed by atoms with Crippen molar-refractivity contribution in [3.63, 3.8) is 0 Å². The first kappa shape index (κ1) is 29.7. The van der Waals surface area contributed by atoms with Gasteiger partial charge in [-0.05, 0) is 68.4 Å². The summed E-state index contributed by atoms with van der Waals surface area (Å²) in [6.45, 7) is 13.3. The summed E-state index contributed by atoms with van der Waals surface area (Å²) in [6, 6.07) is 9.31. The summed E-state index contributed by atoms with van der Waals surface area (Å²) >= 11 is 0. The van der Waals surface area contributed by atoms with E-state index in [1.54, 1.807) is 19.3 Å². The first-order valence-corrected chi connectivity index (χ1v) is 16.1. The Morgan fingerprint density at radius 1 is 1.05 bits per heavy atom. The highest BCUT2D eigenvalue weighted by Crippen LogP contribution is 2.40. The number of benzene rings is 1. The van der Waals surface area contributed by atoms with Gasteiger partial charge in [-0.1, -0.05) is 39.0 Å². The Morgan fingerprint density at radius 3 is 2.32 bits per heavy atom. The first-order chi connectivity index (χ1) is 17.9. The van der Waals surface area contributed by atoms with Gasteiger partial charge in [-0.25, -0.2) is 15.0 Å². The number of hydroxylamine groups is 2. The average molecular weight is 539 g/mol. The molecular formula is C29H42N4O4Si. The molecule has 206 valence electrons. The van der Waals surface area contributed by atoms with Gasteiger partial charge in [-0.3, -0.25) is 14.4 Å². The van der Waals surface area contributed by atoms with Crippen LogP contribution >= 0.6 is 0 Å². The van der Waals surface area contributed by atoms with Gasteiger partial charge in [0.2, 0.25) is 0 Å². The third kappa shape index (κ3) is 6.95. The fourth-order valence-electron chi connectivity index (χ4n) is 4.36. The number of nitrogens with one attached hydrogen (secondary N) is 1. The number of aromatic amines is 1. The third-order valence-electron chi connectivity index (χ3n) is 7.84. The number of rotatable bonds is 6. The predicted molar refractivity (Wildman–Crippen MR) is 153 cm³/mol. The molecule has 2 heterocycles. The highest BCUT2D eigenvalue weighted by Gasteiger charge is 2.40. The van der Waals surface area contributed by atoms with Crippen molar-refractivity contribution in [1.82, 2.24) is 20.0 Å². The van der Waals surface area contributed by atoms with Crippen molar-refractivity contribution in [1.29, 1.82) is 0 Å². The quantitative estimate of drug-likeness (QED) is 0.223. The Balaban J connectivity index is 0.000000260. The van der Waals surface area contributed by atoms with Gasteiger partial charge in [0, 0.05) is 36.2 Å². The molecule has 1 fully saturated rings. The minimum Gasteiger partial charge on any atom is -0.414 e. The first-order valence-electron chi connectivity index (χ1n) is 13.2. The van der Waals surface area contributed by atoms with Crippen molar-refractivity contribution in [3.8, 4) is 0 Å². The monoisotopic (exact) mass is 538 g/mol. The van der Waals surface area contributed by atoms with Gasteiger partial charge in [-0.2, -0.15) is 0 Å². The molecule has 1 saturated carbocycles. The molecular weight excluding hydrogens is 496 g/mol. The maximum Gasteiger partial charge on any atom is 0.277 e. The van der Waals surface area contributed by atoms with Crippen LogP contribution in [0.1, 0.15) is 72.9 Å². The van der Waals surface area contributed by atoms with E-state index >= 15 is 0 Å². The van der Waals surface area contributed by atoms with Gasteiger partial charge < -0.3 is 9.41 Å². The molecule has 3 aromatic rings. The maximum absolute atomic E-state index is 12.9. The Hall–Kier alpha value is -2.88. The zero-order valence-corrected chi connectivity index (χ0v) is 25.0. The molecule has 1 N–H and O–H groups in total. The number of aryl methyl sites for hydroxylation is 1. The Labute approximate surface area is 227 Å². The van der Waals surface area contributed by atoms with Gasteiger partial charge in [0.15, 0.2) is 14.1 Å². The summed E-state index contributed by atoms with van der Waals surface area (Å²) in [5, 5.41) is 2.26. The molecule has 4 rings (SSSR count). The largest absolute Gasteiger partial charge is 0.414 e. The number of fused-ring (bicyclic) bond motifs is 1. The van der Waals surface area contributed by atoms with Crippen LogP contribution in [0.25, 0.3) is 11.0 Å². The molecule has 8 nitrogen and oxygen atoms in total. The summed E-state index contributed by atoms with van der Waals surface area (Å²) in [5.74, 6) is 0.0747. The van der Waals surface area contributed by atoms with E-state index in [2.05, 4.69) is 48.8 Å². The molecule has 1 aliphatic carbocycles. The second-order valence-corrected chi connectivity index (χ2v) is 16.2. The summed E-state index contributed by atoms with van der Waals surface area (Å²) in [6.07, 6.45) is 7.26. The number of carbonyl (C=O) groups is 2. The van der Waals surface area contributed by atoms with Gasteiger partial charge in [0.25, 0.3) is 5.91 Å². The van der Waals surface area contributed by atoms with Crippen molar-refractivity contribution in [2.24, 2.45) is 5.92 Å². The molecule has 0 spiro atoms. The molecule has 0 radical (unpaired) electrons. The van der Waals surface area contributed by atoms with Crippen molar-refractivity contribution >= 4 is 31.0 Å². The van der Waals surface area contributed by atoms with Crippen LogP contribution in [0, 0.1) is 12.8 Å². The van der Waals surface area contributed by atoms with Crippen LogP contribution in [0.4, 0.5) is 0 Å². The number of ketones is 1. The number of nitrogens with zero attached hydrogens (tertiary/aromatic N) is 3. The van der Waals surface area contributed by atoms with Crippen LogP contribution < -0.4 is 0 Å². The fraction of sp³-hybridized carbons (Fsp3) is 0.517. The number of amides is 1. The molecule has 0 atom stereocenters. The molecule has 9 heteroatoms. The number of hydrogen-bond donors (Lipinski definition) is 1. The highest BCUT2D eigenvalue weighted by molar-refractivity contribution is 6.74. The Kier molecular flexibility index (Phi) is 9.62. The summed E-state index contributed by atoms with van der Waals surface area (Å²) in [5.41, 5.74) is 2.91. The number of carbonyl (C=O) groups excluding carboxylic acids is 2. The lowest BCUT2D eigenvalue weighted by atomic mass is 9.83. The van der Waals surface area contributed by atoms with Gasteiger partial charge in [-0.15, -0.1) is 0 Å². The smallest absolute Gasteiger partial charge is 0.277 e. The minimum absolute atomic E-state index is 0.0484. The highest BCUT2D eigenvalue weighted by atomic mass is 28.4.